The van der Waals surface area contributed by atoms with Crippen molar-refractivity contribution in [1.82, 2.24) is 4.90 Å². The van der Waals surface area contributed by atoms with Crippen molar-refractivity contribution in [3.8, 4) is 0 Å². The van der Waals surface area contributed by atoms with Crippen LogP contribution in [0.25, 0.3) is 0 Å². The SMILES string of the molecule is CCOC(=O)c1c(NC(=O)CN2CCC3(CC2)OCCO3)sc2c1CCCCC2. The van der Waals surface area contributed by atoms with Crippen molar-refractivity contribution in [1.29, 1.82) is 0 Å². The molecule has 3 heterocycles. The van der Waals surface area contributed by atoms with Crippen molar-refractivity contribution in [3.05, 3.63) is 16.0 Å². The second kappa shape index (κ2) is 9.12. The summed E-state index contributed by atoms with van der Waals surface area (Å²) in [5.74, 6) is -0.844. The minimum Gasteiger partial charge on any atom is -0.462 e. The number of amides is 1. The second-order valence-electron chi connectivity index (χ2n) is 7.92. The molecule has 0 saturated carbocycles. The quantitative estimate of drug-likeness (QED) is 0.581. The third-order valence-electron chi connectivity index (χ3n) is 5.95. The van der Waals surface area contributed by atoms with E-state index in [0.29, 0.717) is 36.9 Å². The van der Waals surface area contributed by atoms with Crippen LogP contribution in [0.3, 0.4) is 0 Å². The number of nitrogens with one attached hydrogen (secondary N) is 1. The van der Waals surface area contributed by atoms with E-state index in [-0.39, 0.29) is 11.9 Å². The average Bonchev–Trinajstić information content (AvgIpc) is 3.22. The lowest BCUT2D eigenvalue weighted by Gasteiger charge is -2.37. The molecule has 3 aliphatic rings. The number of nitrogens with zero attached hydrogens (tertiary/aromatic N) is 1. The predicted octanol–water partition coefficient (Wildman–Crippen LogP) is 2.97. The Balaban J connectivity index is 1.41. The number of ether oxygens (including phenoxy) is 3. The lowest BCUT2D eigenvalue weighted by molar-refractivity contribution is -0.185. The maximum Gasteiger partial charge on any atom is 0.341 e. The normalized spacial score (nSPS) is 21.6. The van der Waals surface area contributed by atoms with Gasteiger partial charge >= 0.3 is 5.97 Å². The highest BCUT2D eigenvalue weighted by Gasteiger charge is 2.40. The smallest absolute Gasteiger partial charge is 0.341 e. The van der Waals surface area contributed by atoms with E-state index in [1.165, 1.54) is 11.3 Å². The highest BCUT2D eigenvalue weighted by atomic mass is 32.1. The Morgan fingerprint density at radius 2 is 1.86 bits per heavy atom. The van der Waals surface area contributed by atoms with Gasteiger partial charge in [0.25, 0.3) is 0 Å². The van der Waals surface area contributed by atoms with Crippen LogP contribution in [0.4, 0.5) is 5.00 Å². The summed E-state index contributed by atoms with van der Waals surface area (Å²) in [6.07, 6.45) is 6.78. The van der Waals surface area contributed by atoms with Crippen LogP contribution in [0.15, 0.2) is 0 Å². The van der Waals surface area contributed by atoms with Gasteiger partial charge in [-0.15, -0.1) is 11.3 Å². The molecule has 2 aliphatic heterocycles. The summed E-state index contributed by atoms with van der Waals surface area (Å²) in [6, 6.07) is 0. The summed E-state index contributed by atoms with van der Waals surface area (Å²) in [5.41, 5.74) is 1.66. The molecule has 2 fully saturated rings. The molecule has 2 saturated heterocycles. The first-order valence-electron chi connectivity index (χ1n) is 10.7. The number of hydrogen-bond acceptors (Lipinski definition) is 7. The van der Waals surface area contributed by atoms with Crippen molar-refractivity contribution >= 4 is 28.2 Å². The summed E-state index contributed by atoms with van der Waals surface area (Å²) in [6.45, 7) is 5.28. The molecule has 1 aliphatic carbocycles. The Morgan fingerprint density at radius 1 is 1.14 bits per heavy atom. The van der Waals surface area contributed by atoms with Crippen molar-refractivity contribution < 1.29 is 23.8 Å². The number of carbonyl (C=O) groups excluding carboxylic acids is 2. The molecule has 0 aromatic carbocycles. The van der Waals surface area contributed by atoms with Crippen LogP contribution < -0.4 is 5.32 Å². The lowest BCUT2D eigenvalue weighted by Crippen LogP contribution is -2.47. The predicted molar refractivity (Wildman–Crippen MR) is 110 cm³/mol. The fourth-order valence-electron chi connectivity index (χ4n) is 4.46. The van der Waals surface area contributed by atoms with Gasteiger partial charge < -0.3 is 19.5 Å². The van der Waals surface area contributed by atoms with E-state index in [0.717, 1.165) is 57.2 Å². The molecule has 1 amide bonds. The van der Waals surface area contributed by atoms with Gasteiger partial charge in [-0.25, -0.2) is 4.79 Å². The van der Waals surface area contributed by atoms with Gasteiger partial charge in [0.05, 0.1) is 31.9 Å². The monoisotopic (exact) mass is 422 g/mol. The zero-order valence-corrected chi connectivity index (χ0v) is 17.9. The summed E-state index contributed by atoms with van der Waals surface area (Å²) >= 11 is 1.54. The molecule has 1 aromatic heterocycles. The van der Waals surface area contributed by atoms with E-state index in [2.05, 4.69) is 10.2 Å². The topological polar surface area (TPSA) is 77.1 Å². The molecule has 0 bridgehead atoms. The fraction of sp³-hybridized carbons (Fsp3) is 0.714. The van der Waals surface area contributed by atoms with Crippen LogP contribution in [0.1, 0.15) is 59.8 Å². The van der Waals surface area contributed by atoms with Gasteiger partial charge in [0, 0.05) is 30.8 Å². The molecule has 7 nitrogen and oxygen atoms in total. The highest BCUT2D eigenvalue weighted by Crippen LogP contribution is 2.38. The van der Waals surface area contributed by atoms with Crippen LogP contribution in [-0.4, -0.2) is 62.0 Å². The Kier molecular flexibility index (Phi) is 6.53. The van der Waals surface area contributed by atoms with Crippen molar-refractivity contribution in [2.45, 2.75) is 57.7 Å². The van der Waals surface area contributed by atoms with E-state index in [1.54, 1.807) is 11.3 Å². The molecule has 1 spiro atoms. The summed E-state index contributed by atoms with van der Waals surface area (Å²) in [7, 11) is 0. The van der Waals surface area contributed by atoms with Crippen LogP contribution in [0.2, 0.25) is 0 Å². The minimum absolute atomic E-state index is 0.0869. The molecule has 1 aromatic rings. The molecule has 0 atom stereocenters. The molecule has 1 N–H and O–H groups in total. The number of anilines is 1. The van der Waals surface area contributed by atoms with Gasteiger partial charge in [-0.2, -0.15) is 0 Å². The maximum atomic E-state index is 12.7. The number of rotatable bonds is 5. The number of thiophene rings is 1. The lowest BCUT2D eigenvalue weighted by atomic mass is 10.0. The van der Waals surface area contributed by atoms with Gasteiger partial charge in [-0.05, 0) is 38.2 Å². The Hall–Kier alpha value is -1.48. The van der Waals surface area contributed by atoms with Crippen LogP contribution in [0, 0.1) is 0 Å². The zero-order valence-electron chi connectivity index (χ0n) is 17.1. The molecule has 8 heteroatoms. The van der Waals surface area contributed by atoms with Crippen LogP contribution in [0.5, 0.6) is 0 Å². The van der Waals surface area contributed by atoms with Gasteiger partial charge in [0.15, 0.2) is 5.79 Å². The summed E-state index contributed by atoms with van der Waals surface area (Å²) < 4.78 is 16.8. The number of likely N-dealkylation sites (tertiary alicyclic amines) is 1. The number of carbonyl (C=O) groups is 2. The first-order valence-corrected chi connectivity index (χ1v) is 11.5. The van der Waals surface area contributed by atoms with E-state index in [1.807, 2.05) is 6.92 Å². The second-order valence-corrected chi connectivity index (χ2v) is 9.03. The van der Waals surface area contributed by atoms with E-state index < -0.39 is 5.79 Å². The maximum absolute atomic E-state index is 12.7. The Morgan fingerprint density at radius 3 is 2.59 bits per heavy atom. The van der Waals surface area contributed by atoms with E-state index in [4.69, 9.17) is 14.2 Å². The molecule has 0 radical (unpaired) electrons. The highest BCUT2D eigenvalue weighted by molar-refractivity contribution is 7.17. The van der Waals surface area contributed by atoms with Gasteiger partial charge in [0.1, 0.15) is 5.00 Å². The standard InChI is InChI=1S/C21H30N2O5S/c1-2-26-20(25)18-15-6-4-3-5-7-16(15)29-19(18)22-17(24)14-23-10-8-21(9-11-23)27-12-13-28-21/h2-14H2,1H3,(H,22,24). The molecule has 160 valence electrons. The van der Waals surface area contributed by atoms with Crippen molar-refractivity contribution in [2.75, 3.05) is 44.8 Å². The first-order chi connectivity index (χ1) is 14.1. The number of fused-ring (bicyclic) bond motifs is 1. The number of aryl methyl sites for hydroxylation is 1. The molecule has 4 rings (SSSR count). The average molecular weight is 423 g/mol. The molecular formula is C21H30N2O5S. The van der Waals surface area contributed by atoms with E-state index in [9.17, 15) is 9.59 Å². The van der Waals surface area contributed by atoms with Gasteiger partial charge in [0.2, 0.25) is 5.91 Å². The largest absolute Gasteiger partial charge is 0.462 e. The third-order valence-corrected chi connectivity index (χ3v) is 7.16. The summed E-state index contributed by atoms with van der Waals surface area (Å²) in [5, 5.41) is 3.66. The van der Waals surface area contributed by atoms with Crippen molar-refractivity contribution in [2.24, 2.45) is 0 Å². The van der Waals surface area contributed by atoms with Crippen LogP contribution in [-0.2, 0) is 31.8 Å². The van der Waals surface area contributed by atoms with Crippen molar-refractivity contribution in [3.63, 3.8) is 0 Å². The number of esters is 1. The number of piperidine rings is 1. The van der Waals surface area contributed by atoms with Crippen LogP contribution >= 0.6 is 11.3 Å². The van der Waals surface area contributed by atoms with Gasteiger partial charge in [-0.3, -0.25) is 9.69 Å². The zero-order chi connectivity index (χ0) is 20.3. The number of hydrogen-bond donors (Lipinski definition) is 1. The molecular weight excluding hydrogens is 392 g/mol. The summed E-state index contributed by atoms with van der Waals surface area (Å²) in [4.78, 5) is 28.7. The molecule has 0 unspecified atom stereocenters. The third kappa shape index (κ3) is 4.66. The van der Waals surface area contributed by atoms with Gasteiger partial charge in [-0.1, -0.05) is 6.42 Å². The van der Waals surface area contributed by atoms with E-state index >= 15 is 0 Å². The Bertz CT molecular complexity index is 746. The Labute approximate surface area is 175 Å². The first kappa shape index (κ1) is 20.8. The minimum atomic E-state index is -0.435. The fourth-order valence-corrected chi connectivity index (χ4v) is 5.75. The molecule has 29 heavy (non-hydrogen) atoms.